The van der Waals surface area contributed by atoms with E-state index in [1.54, 1.807) is 60.7 Å². The molecule has 1 aliphatic carbocycles. The molecule has 29 heteroatoms. The number of unbranched alkanes of at least 4 members (excludes halogenated alkanes) is 3. The second kappa shape index (κ2) is 31.0. The van der Waals surface area contributed by atoms with Gasteiger partial charge in [0.05, 0.1) is 86.9 Å². The van der Waals surface area contributed by atoms with Gasteiger partial charge in [0.25, 0.3) is 29.1 Å². The molecule has 89 heavy (non-hydrogen) atoms. The van der Waals surface area contributed by atoms with E-state index < -0.39 is 113 Å². The summed E-state index contributed by atoms with van der Waals surface area (Å²) in [6.07, 6.45) is 3.47. The van der Waals surface area contributed by atoms with Crippen LogP contribution in [0.4, 0.5) is 0 Å². The first kappa shape index (κ1) is 65.6. The number of hydroxylamine groups is 1. The number of aliphatic hydroxyl groups excluding tert-OH is 2. The summed E-state index contributed by atoms with van der Waals surface area (Å²) in [6, 6.07) is 23.6. The first-order chi connectivity index (χ1) is 42.9. The summed E-state index contributed by atoms with van der Waals surface area (Å²) in [4.78, 5) is 141. The van der Waals surface area contributed by atoms with E-state index in [0.717, 1.165) is 22.8 Å². The fourth-order valence-electron chi connectivity index (χ4n) is 9.62. The molecule has 4 amide bonds. The zero-order chi connectivity index (χ0) is 63.6. The number of H-pyrrole nitrogens is 2. The van der Waals surface area contributed by atoms with E-state index >= 15 is 4.57 Å². The number of amides is 4. The minimum atomic E-state index is -3.79. The molecular weight excluding hydrogens is 1180 g/mol. The van der Waals surface area contributed by atoms with Crippen molar-refractivity contribution in [1.29, 1.82) is 0 Å². The number of aromatic nitrogens is 4. The van der Waals surface area contributed by atoms with Crippen molar-refractivity contribution in [2.75, 3.05) is 72.5 Å². The standard InChI is InChI=1S/C60H63N8O20P/c69-34-45-44(70)32-48(88-45)68-33-36(55(75)66-60(68)82)16-18-47(71)61-19-9-1-2-10-20-62-54(74)35-15-17-39(46(29-35)89(83,37-11-5-3-6-12-37)38-13-7-4-8-14-38)56(76)63-21-22-84-23-24-85-25-26-86-27-28-87-67-57(77)42-30-40(58(78)79)49-50-41(31-43(65-50)59(80)81)52(72)53(73)51(49)64-42/h3-8,11-18,29-31,33,44-45,48,65,69-70H,1-2,9-10,19-28,32,34H2,(H,61,71)(H,62,74)(H,63,76)(H,67,77)(H,78,79)(H,80,81)(H,66,75,82)/t44-,45+,48+/m0/s1. The van der Waals surface area contributed by atoms with E-state index in [9.17, 15) is 68.4 Å². The monoisotopic (exact) mass is 1250 g/mol. The average molecular weight is 1250 g/mol. The van der Waals surface area contributed by atoms with E-state index in [-0.39, 0.29) is 98.0 Å². The number of hydrogen-bond acceptors (Lipinski definition) is 19. The summed E-state index contributed by atoms with van der Waals surface area (Å²) in [7, 11) is -3.79. The second-order valence-electron chi connectivity index (χ2n) is 20.1. The molecule has 0 unspecified atom stereocenters. The molecule has 468 valence electrons. The van der Waals surface area contributed by atoms with Crippen molar-refractivity contribution in [2.45, 2.75) is 50.5 Å². The molecule has 10 N–H and O–H groups in total. The Kier molecular flexibility index (Phi) is 22.8. The molecule has 28 nitrogen and oxygen atoms in total. The number of hydrogen-bond donors (Lipinski definition) is 10. The maximum absolute atomic E-state index is 15.6. The fraction of sp³-hybridized carbons (Fsp3) is 0.317. The van der Waals surface area contributed by atoms with E-state index in [2.05, 4.69) is 36.4 Å². The Hall–Kier alpha value is -9.38. The van der Waals surface area contributed by atoms with Gasteiger partial charge in [0.15, 0.2) is 7.14 Å². The predicted molar refractivity (Wildman–Crippen MR) is 316 cm³/mol. The number of fused-ring (bicyclic) bond motifs is 3. The number of aromatic amines is 2. The topological polar surface area (TPSA) is 412 Å². The summed E-state index contributed by atoms with van der Waals surface area (Å²) in [5.41, 5.74) is -2.32. The highest BCUT2D eigenvalue weighted by molar-refractivity contribution is 7.85. The quantitative estimate of drug-likeness (QED) is 0.00934. The number of benzene rings is 3. The summed E-state index contributed by atoms with van der Waals surface area (Å²) in [6.45, 7) is 0.706. The van der Waals surface area contributed by atoms with Crippen LogP contribution in [0.3, 0.4) is 0 Å². The molecule has 1 saturated heterocycles. The number of carboxylic acids is 2. The lowest BCUT2D eigenvalue weighted by Gasteiger charge is -2.23. The van der Waals surface area contributed by atoms with E-state index in [1.807, 2.05) is 0 Å². The molecule has 6 aromatic rings. The Morgan fingerprint density at radius 1 is 0.697 bits per heavy atom. The third-order valence-corrected chi connectivity index (χ3v) is 17.2. The lowest BCUT2D eigenvalue weighted by Crippen LogP contribution is -2.35. The number of aromatic carboxylic acids is 2. The number of ketones is 2. The first-order valence-corrected chi connectivity index (χ1v) is 29.8. The molecule has 0 bridgehead atoms. The normalized spacial score (nSPS) is 15.3. The lowest BCUT2D eigenvalue weighted by atomic mass is 9.88. The molecule has 1 aliphatic heterocycles. The number of rotatable bonds is 32. The Bertz CT molecular complexity index is 3770. The van der Waals surface area contributed by atoms with E-state index in [0.29, 0.717) is 49.4 Å². The van der Waals surface area contributed by atoms with Crippen LogP contribution in [0.5, 0.6) is 0 Å². The highest BCUT2D eigenvalue weighted by Crippen LogP contribution is 2.44. The third-order valence-electron chi connectivity index (χ3n) is 14.1. The van der Waals surface area contributed by atoms with Gasteiger partial charge >= 0.3 is 17.6 Å². The van der Waals surface area contributed by atoms with Crippen molar-refractivity contribution in [1.82, 2.24) is 40.9 Å². The van der Waals surface area contributed by atoms with Crippen LogP contribution in [0, 0.1) is 0 Å². The fourth-order valence-corrected chi connectivity index (χ4v) is 12.5. The maximum atomic E-state index is 15.6. The molecular formula is C60H63N8O20P. The first-order valence-electron chi connectivity index (χ1n) is 28.1. The van der Waals surface area contributed by atoms with Gasteiger partial charge in [-0.2, -0.15) is 0 Å². The van der Waals surface area contributed by atoms with Gasteiger partial charge < -0.3 is 64.9 Å². The van der Waals surface area contributed by atoms with Crippen LogP contribution >= 0.6 is 7.14 Å². The molecule has 3 aromatic heterocycles. The SMILES string of the molecule is O=C(C=Cc1cn([C@H]2C[C@H](O)[C@@H](CO)O2)c(=O)[nH]c1=O)NCCCCCCNC(=O)c1ccc(C(=O)NCCOCCOCCOCCONC(=O)c2cc(C(=O)O)c3c(n2)C(=O)C(=O)c2cc(C(=O)O)[nH]c2-3)c(P(=O)(c2ccccc2)c2ccccc2)c1. The molecule has 3 aromatic carbocycles. The van der Waals surface area contributed by atoms with Crippen molar-refractivity contribution in [2.24, 2.45) is 0 Å². The zero-order valence-electron chi connectivity index (χ0n) is 47.6. The smallest absolute Gasteiger partial charge is 0.352 e. The Morgan fingerprint density at radius 2 is 1.33 bits per heavy atom. The van der Waals surface area contributed by atoms with Crippen molar-refractivity contribution >= 4 is 76.3 Å². The van der Waals surface area contributed by atoms with Crippen LogP contribution < -0.4 is 48.6 Å². The Morgan fingerprint density at radius 3 is 1.96 bits per heavy atom. The van der Waals surface area contributed by atoms with Crippen molar-refractivity contribution < 1.29 is 87.1 Å². The number of Topliss-reactive ketones (excluding diaryl/α,β-unsaturated/α-hetero) is 2. The van der Waals surface area contributed by atoms with Crippen LogP contribution in [0.2, 0.25) is 0 Å². The largest absolute Gasteiger partial charge is 0.478 e. The molecule has 1 fully saturated rings. The molecule has 2 aliphatic rings. The average Bonchev–Trinajstić information content (AvgIpc) is 1.77. The number of nitrogens with zero attached hydrogens (tertiary/aromatic N) is 2. The second-order valence-corrected chi connectivity index (χ2v) is 22.8. The van der Waals surface area contributed by atoms with Gasteiger partial charge in [0, 0.05) is 65.4 Å². The number of pyridine rings is 1. The van der Waals surface area contributed by atoms with Gasteiger partial charge in [-0.25, -0.2) is 24.8 Å². The Labute approximate surface area is 505 Å². The summed E-state index contributed by atoms with van der Waals surface area (Å²) in [5, 5.41) is 48.2. The third kappa shape index (κ3) is 16.2. The van der Waals surface area contributed by atoms with Crippen LogP contribution in [-0.4, -0.2) is 172 Å². The van der Waals surface area contributed by atoms with Crippen molar-refractivity contribution in [3.8, 4) is 11.3 Å². The molecule has 4 heterocycles. The molecule has 8 rings (SSSR count). The maximum Gasteiger partial charge on any atom is 0.352 e. The van der Waals surface area contributed by atoms with Gasteiger partial charge in [0.2, 0.25) is 11.7 Å². The molecule has 0 spiro atoms. The van der Waals surface area contributed by atoms with Crippen LogP contribution in [0.25, 0.3) is 17.3 Å². The highest BCUT2D eigenvalue weighted by atomic mass is 31.2. The molecule has 0 saturated carbocycles. The van der Waals surface area contributed by atoms with Gasteiger partial charge in [0.1, 0.15) is 29.4 Å². The minimum absolute atomic E-state index is 0.00443. The number of nitrogens with one attached hydrogen (secondary N) is 6. The van der Waals surface area contributed by atoms with Crippen molar-refractivity contribution in [3.05, 3.63) is 169 Å². The number of carbonyl (C=O) groups excluding carboxylic acids is 6. The number of carboxylic acid groups (broad SMARTS) is 2. The zero-order valence-corrected chi connectivity index (χ0v) is 48.5. The number of ether oxygens (including phenoxy) is 4. The minimum Gasteiger partial charge on any atom is -0.478 e. The van der Waals surface area contributed by atoms with Gasteiger partial charge in [-0.3, -0.25) is 48.0 Å². The summed E-state index contributed by atoms with van der Waals surface area (Å²) in [5.74, 6) is -7.91. The summed E-state index contributed by atoms with van der Waals surface area (Å²) < 4.78 is 38.9. The Balaban J connectivity index is 0.745. The van der Waals surface area contributed by atoms with Crippen LogP contribution in [0.1, 0.15) is 117 Å². The van der Waals surface area contributed by atoms with Crippen LogP contribution in [-0.2, 0) is 33.1 Å². The highest BCUT2D eigenvalue weighted by Gasteiger charge is 2.39. The predicted octanol–water partition coefficient (Wildman–Crippen LogP) is 1.24. The van der Waals surface area contributed by atoms with Gasteiger partial charge in [-0.15, -0.1) is 0 Å². The molecule has 3 atom stereocenters. The van der Waals surface area contributed by atoms with E-state index in [1.165, 1.54) is 30.5 Å². The van der Waals surface area contributed by atoms with Gasteiger partial charge in [-0.1, -0.05) is 73.5 Å². The number of aliphatic hydroxyl groups is 2. The lowest BCUT2D eigenvalue weighted by molar-refractivity contribution is -0.116. The van der Waals surface area contributed by atoms with Gasteiger partial charge in [-0.05, 0) is 49.2 Å². The van der Waals surface area contributed by atoms with E-state index in [4.69, 9.17) is 23.8 Å². The van der Waals surface area contributed by atoms with Crippen LogP contribution in [0.15, 0.2) is 113 Å². The molecule has 0 radical (unpaired) electrons. The summed E-state index contributed by atoms with van der Waals surface area (Å²) >= 11 is 0. The number of carbonyl (C=O) groups is 8. The van der Waals surface area contributed by atoms with Crippen molar-refractivity contribution in [3.63, 3.8) is 0 Å².